The minimum absolute atomic E-state index is 0.155. The van der Waals surface area contributed by atoms with Gasteiger partial charge in [0.15, 0.2) is 9.84 Å². The predicted octanol–water partition coefficient (Wildman–Crippen LogP) is 3.02. The fourth-order valence-corrected chi connectivity index (χ4v) is 4.79. The van der Waals surface area contributed by atoms with E-state index in [1.807, 2.05) is 25.1 Å². The van der Waals surface area contributed by atoms with E-state index in [1.165, 1.54) is 6.20 Å². The lowest BCUT2D eigenvalue weighted by Gasteiger charge is -2.11. The molecule has 0 saturated heterocycles. The number of carbonyl (C=O) groups excluding carboxylic acids is 1. The van der Waals surface area contributed by atoms with Crippen LogP contribution >= 0.6 is 0 Å². The number of hydrogen-bond acceptors (Lipinski definition) is 8. The summed E-state index contributed by atoms with van der Waals surface area (Å²) in [6.07, 6.45) is 4.68. The number of pyridine rings is 3. The van der Waals surface area contributed by atoms with Crippen LogP contribution in [0.4, 0.5) is 5.82 Å². The molecule has 9 nitrogen and oxygen atoms in total. The van der Waals surface area contributed by atoms with Crippen molar-refractivity contribution < 1.29 is 13.2 Å². The minimum Gasteiger partial charge on any atom is -0.383 e. The van der Waals surface area contributed by atoms with Crippen molar-refractivity contribution in [3.05, 3.63) is 88.0 Å². The van der Waals surface area contributed by atoms with Gasteiger partial charge in [0, 0.05) is 54.0 Å². The van der Waals surface area contributed by atoms with E-state index in [9.17, 15) is 18.5 Å². The third kappa shape index (κ3) is 5.31. The van der Waals surface area contributed by atoms with E-state index < -0.39 is 9.84 Å². The number of nitrogens with zero attached hydrogens (tertiary/aromatic N) is 4. The lowest BCUT2D eigenvalue weighted by atomic mass is 10.0. The Labute approximate surface area is 209 Å². The summed E-state index contributed by atoms with van der Waals surface area (Å²) in [5.74, 6) is -0.161. The number of sulfone groups is 1. The van der Waals surface area contributed by atoms with Crippen LogP contribution in [0.2, 0.25) is 0 Å². The first-order valence-electron chi connectivity index (χ1n) is 11.0. The van der Waals surface area contributed by atoms with Gasteiger partial charge in [-0.05, 0) is 66.9 Å². The molecule has 182 valence electrons. The zero-order chi connectivity index (χ0) is 26.0. The number of benzene rings is 1. The second-order valence-corrected chi connectivity index (χ2v) is 10.6. The molecule has 4 rings (SSSR count). The Balaban J connectivity index is 1.58. The van der Waals surface area contributed by atoms with Crippen LogP contribution < -0.4 is 11.1 Å². The summed E-state index contributed by atoms with van der Waals surface area (Å²) < 4.78 is 24.8. The third-order valence-electron chi connectivity index (χ3n) is 5.72. The maximum absolute atomic E-state index is 12.8. The Morgan fingerprint density at radius 2 is 1.92 bits per heavy atom. The molecule has 1 amide bonds. The summed E-state index contributed by atoms with van der Waals surface area (Å²) in [4.78, 5) is 25.8. The largest absolute Gasteiger partial charge is 0.383 e. The summed E-state index contributed by atoms with van der Waals surface area (Å²) in [7, 11) is -3.50. The summed E-state index contributed by atoms with van der Waals surface area (Å²) >= 11 is 0. The molecule has 0 radical (unpaired) electrons. The van der Waals surface area contributed by atoms with Crippen LogP contribution in [0.5, 0.6) is 0 Å². The summed E-state index contributed by atoms with van der Waals surface area (Å²) in [5.41, 5.74) is 10.4. The predicted molar refractivity (Wildman–Crippen MR) is 136 cm³/mol. The van der Waals surface area contributed by atoms with E-state index in [0.29, 0.717) is 34.5 Å². The number of nitrogens with two attached hydrogens (primary N) is 1. The first-order chi connectivity index (χ1) is 17.0. The highest BCUT2D eigenvalue weighted by molar-refractivity contribution is 7.91. The molecular weight excluding hydrogens is 476 g/mol. The number of hydrogen-bond donors (Lipinski definition) is 2. The van der Waals surface area contributed by atoms with Gasteiger partial charge in [-0.3, -0.25) is 14.8 Å². The number of rotatable bonds is 6. The molecule has 4 aromatic rings. The van der Waals surface area contributed by atoms with Crippen molar-refractivity contribution in [2.45, 2.75) is 31.7 Å². The van der Waals surface area contributed by atoms with Crippen molar-refractivity contribution >= 4 is 32.5 Å². The molecule has 3 aromatic heterocycles. The van der Waals surface area contributed by atoms with E-state index in [2.05, 4.69) is 20.3 Å². The molecule has 0 fully saturated rings. The van der Waals surface area contributed by atoms with Crippen LogP contribution in [-0.4, -0.2) is 35.5 Å². The van der Waals surface area contributed by atoms with Crippen LogP contribution in [0, 0.1) is 25.2 Å². The Kier molecular flexibility index (Phi) is 6.68. The van der Waals surface area contributed by atoms with Crippen molar-refractivity contribution in [2.75, 3.05) is 12.0 Å². The number of carbonyl (C=O) groups is 1. The quantitative estimate of drug-likeness (QED) is 0.410. The lowest BCUT2D eigenvalue weighted by Crippen LogP contribution is -2.24. The molecule has 0 spiro atoms. The lowest BCUT2D eigenvalue weighted by molar-refractivity contribution is 0.0950. The van der Waals surface area contributed by atoms with E-state index in [-0.39, 0.29) is 28.7 Å². The average molecular weight is 501 g/mol. The Bertz CT molecular complexity index is 1660. The molecule has 0 aliphatic heterocycles. The van der Waals surface area contributed by atoms with E-state index in [0.717, 1.165) is 22.8 Å². The van der Waals surface area contributed by atoms with E-state index in [1.54, 1.807) is 37.4 Å². The second kappa shape index (κ2) is 9.71. The van der Waals surface area contributed by atoms with Crippen molar-refractivity contribution in [3.8, 4) is 6.07 Å². The number of amides is 1. The standard InChI is InChI=1S/C26H24N6O3S/c1-15-6-19-7-17(9-23(36(3,34)35)24(19)30-13-15)8-22-11-18(4-5-29-22)26(33)31-14-21-10-20(12-27)25(28)32-16(21)2/h4-7,9-11,13H,8,14H2,1-3H3,(H2,28,32)(H,31,33). The minimum atomic E-state index is -3.50. The molecule has 0 aliphatic carbocycles. The second-order valence-electron chi connectivity index (χ2n) is 8.62. The van der Waals surface area contributed by atoms with Gasteiger partial charge in [-0.15, -0.1) is 0 Å². The molecule has 36 heavy (non-hydrogen) atoms. The van der Waals surface area contributed by atoms with Crippen molar-refractivity contribution in [3.63, 3.8) is 0 Å². The van der Waals surface area contributed by atoms with Crippen LogP contribution in [0.3, 0.4) is 0 Å². The SMILES string of the molecule is Cc1cnc2c(S(C)(=O)=O)cc(Cc3cc(C(=O)NCc4cc(C#N)c(N)nc4C)ccn3)cc2c1. The van der Waals surface area contributed by atoms with Crippen LogP contribution in [0.25, 0.3) is 10.9 Å². The van der Waals surface area contributed by atoms with Gasteiger partial charge < -0.3 is 11.1 Å². The van der Waals surface area contributed by atoms with E-state index >= 15 is 0 Å². The van der Waals surface area contributed by atoms with E-state index in [4.69, 9.17) is 5.73 Å². The molecule has 10 heteroatoms. The molecule has 1 aromatic carbocycles. The maximum atomic E-state index is 12.8. The van der Waals surface area contributed by atoms with Gasteiger partial charge in [-0.1, -0.05) is 0 Å². The fourth-order valence-electron chi connectivity index (χ4n) is 3.91. The van der Waals surface area contributed by atoms with Crippen LogP contribution in [0.15, 0.2) is 53.7 Å². The number of nitriles is 1. The highest BCUT2D eigenvalue weighted by Gasteiger charge is 2.16. The van der Waals surface area contributed by atoms with Gasteiger partial charge in [-0.2, -0.15) is 5.26 Å². The van der Waals surface area contributed by atoms with Crippen LogP contribution in [-0.2, 0) is 22.8 Å². The molecule has 0 unspecified atom stereocenters. The van der Waals surface area contributed by atoms with Gasteiger partial charge >= 0.3 is 0 Å². The topological polar surface area (TPSA) is 152 Å². The van der Waals surface area contributed by atoms with Gasteiger partial charge in [0.1, 0.15) is 11.9 Å². The molecule has 0 saturated carbocycles. The van der Waals surface area contributed by atoms with Crippen molar-refractivity contribution in [1.82, 2.24) is 20.3 Å². The average Bonchev–Trinajstić information content (AvgIpc) is 2.82. The highest BCUT2D eigenvalue weighted by Crippen LogP contribution is 2.25. The Morgan fingerprint density at radius 1 is 1.14 bits per heavy atom. The van der Waals surface area contributed by atoms with Gasteiger partial charge in [0.2, 0.25) is 0 Å². The number of aromatic nitrogens is 3. The van der Waals surface area contributed by atoms with Crippen molar-refractivity contribution in [1.29, 1.82) is 5.26 Å². The highest BCUT2D eigenvalue weighted by atomic mass is 32.2. The van der Waals surface area contributed by atoms with Crippen LogP contribution in [0.1, 0.15) is 44.0 Å². The summed E-state index contributed by atoms with van der Waals surface area (Å²) in [5, 5.41) is 12.7. The smallest absolute Gasteiger partial charge is 0.251 e. The number of anilines is 1. The number of fused-ring (bicyclic) bond motifs is 1. The number of aryl methyl sites for hydroxylation is 2. The number of nitrogens with one attached hydrogen (secondary N) is 1. The summed E-state index contributed by atoms with van der Waals surface area (Å²) in [6, 6.07) is 12.3. The van der Waals surface area contributed by atoms with Gasteiger partial charge in [0.05, 0.1) is 16.0 Å². The first kappa shape index (κ1) is 24.8. The zero-order valence-corrected chi connectivity index (χ0v) is 20.8. The first-order valence-corrected chi connectivity index (χ1v) is 12.9. The van der Waals surface area contributed by atoms with Gasteiger partial charge in [-0.25, -0.2) is 13.4 Å². The number of nitrogen functional groups attached to an aromatic ring is 1. The Hall–Kier alpha value is -4.36. The third-order valence-corrected chi connectivity index (χ3v) is 6.83. The van der Waals surface area contributed by atoms with Gasteiger partial charge in [0.25, 0.3) is 5.91 Å². The molecule has 3 heterocycles. The molecule has 0 aliphatic rings. The molecule has 0 bridgehead atoms. The molecular formula is C26H24N6O3S. The summed E-state index contributed by atoms with van der Waals surface area (Å²) in [6.45, 7) is 3.83. The van der Waals surface area contributed by atoms with Crippen molar-refractivity contribution in [2.24, 2.45) is 0 Å². The fraction of sp³-hybridized carbons (Fsp3) is 0.192. The maximum Gasteiger partial charge on any atom is 0.251 e. The molecule has 3 N–H and O–H groups in total. The normalized spacial score (nSPS) is 11.3. The molecule has 0 atom stereocenters. The Morgan fingerprint density at radius 3 is 2.64 bits per heavy atom. The monoisotopic (exact) mass is 500 g/mol. The zero-order valence-electron chi connectivity index (χ0n) is 20.0.